The summed E-state index contributed by atoms with van der Waals surface area (Å²) in [7, 11) is 0. The fourth-order valence-electron chi connectivity index (χ4n) is 1.96. The molecule has 0 heterocycles. The van der Waals surface area contributed by atoms with Crippen LogP contribution in [0.25, 0.3) is 0 Å². The highest BCUT2D eigenvalue weighted by Gasteiger charge is 2.08. The molecule has 0 aromatic heterocycles. The molecule has 0 atom stereocenters. The maximum atomic E-state index is 11.7. The Labute approximate surface area is 160 Å². The van der Waals surface area contributed by atoms with E-state index in [0.29, 0.717) is 23.0 Å². The van der Waals surface area contributed by atoms with E-state index in [2.05, 4.69) is 5.32 Å². The summed E-state index contributed by atoms with van der Waals surface area (Å²) in [5.74, 6) is -0.606. The van der Waals surface area contributed by atoms with Crippen molar-refractivity contribution in [2.45, 2.75) is 11.3 Å². The molecule has 0 saturated heterocycles. The summed E-state index contributed by atoms with van der Waals surface area (Å²) >= 11 is 13.3. The van der Waals surface area contributed by atoms with Crippen molar-refractivity contribution in [3.05, 3.63) is 64.1 Å². The van der Waals surface area contributed by atoms with Crippen LogP contribution in [0.4, 0.5) is 0 Å². The number of benzene rings is 2. The van der Waals surface area contributed by atoms with Crippen molar-refractivity contribution in [2.24, 2.45) is 0 Å². The van der Waals surface area contributed by atoms with Crippen molar-refractivity contribution in [1.82, 2.24) is 5.32 Å². The zero-order valence-electron chi connectivity index (χ0n) is 13.3. The normalized spacial score (nSPS) is 10.3. The van der Waals surface area contributed by atoms with E-state index in [-0.39, 0.29) is 18.3 Å². The van der Waals surface area contributed by atoms with Crippen LogP contribution in [-0.4, -0.2) is 30.8 Å². The molecule has 2 aromatic carbocycles. The highest BCUT2D eigenvalue weighted by atomic mass is 35.5. The Morgan fingerprint density at radius 2 is 1.84 bits per heavy atom. The summed E-state index contributed by atoms with van der Waals surface area (Å²) in [5, 5.41) is 3.82. The van der Waals surface area contributed by atoms with E-state index in [1.807, 2.05) is 36.4 Å². The van der Waals surface area contributed by atoms with E-state index in [0.717, 1.165) is 10.5 Å². The Morgan fingerprint density at radius 3 is 2.56 bits per heavy atom. The molecule has 0 radical (unpaired) electrons. The maximum absolute atomic E-state index is 11.7. The van der Waals surface area contributed by atoms with Gasteiger partial charge < -0.3 is 10.1 Å². The van der Waals surface area contributed by atoms with E-state index in [1.165, 1.54) is 11.8 Å². The van der Waals surface area contributed by atoms with Gasteiger partial charge in [0.05, 0.1) is 5.75 Å². The van der Waals surface area contributed by atoms with Crippen LogP contribution < -0.4 is 5.32 Å². The lowest BCUT2D eigenvalue weighted by Crippen LogP contribution is -2.30. The van der Waals surface area contributed by atoms with Crippen LogP contribution in [0.1, 0.15) is 5.56 Å². The van der Waals surface area contributed by atoms with Gasteiger partial charge in [0.2, 0.25) is 0 Å². The lowest BCUT2D eigenvalue weighted by Gasteiger charge is -2.08. The van der Waals surface area contributed by atoms with Crippen LogP contribution in [0.15, 0.2) is 53.4 Å². The van der Waals surface area contributed by atoms with Gasteiger partial charge in [-0.1, -0.05) is 47.5 Å². The minimum absolute atomic E-state index is 0.164. The van der Waals surface area contributed by atoms with Gasteiger partial charge in [0.15, 0.2) is 6.61 Å². The smallest absolute Gasteiger partial charge is 0.316 e. The summed E-state index contributed by atoms with van der Waals surface area (Å²) in [5.41, 5.74) is 0.891. The van der Waals surface area contributed by atoms with Crippen LogP contribution in [0, 0.1) is 0 Å². The highest BCUT2D eigenvalue weighted by molar-refractivity contribution is 8.00. The van der Waals surface area contributed by atoms with Gasteiger partial charge >= 0.3 is 5.97 Å². The Bertz CT molecular complexity index is 726. The average Bonchev–Trinajstić information content (AvgIpc) is 2.61. The minimum atomic E-state index is -0.426. The van der Waals surface area contributed by atoms with Crippen LogP contribution in [0.3, 0.4) is 0 Å². The van der Waals surface area contributed by atoms with Crippen LogP contribution in [0.2, 0.25) is 10.0 Å². The first-order valence-corrected chi connectivity index (χ1v) is 9.33. The van der Waals surface area contributed by atoms with E-state index < -0.39 is 5.97 Å². The van der Waals surface area contributed by atoms with E-state index in [9.17, 15) is 9.59 Å². The SMILES string of the molecule is O=C(COC(=O)CSc1ccccc1)NCCc1ccc(Cl)cc1Cl. The van der Waals surface area contributed by atoms with Crippen molar-refractivity contribution in [3.8, 4) is 0 Å². The Balaban J connectivity index is 1.62. The molecule has 1 amide bonds. The molecule has 0 aliphatic heterocycles. The number of halogens is 2. The molecular weight excluding hydrogens is 381 g/mol. The van der Waals surface area contributed by atoms with Crippen molar-refractivity contribution in [1.29, 1.82) is 0 Å². The largest absolute Gasteiger partial charge is 0.455 e. The minimum Gasteiger partial charge on any atom is -0.455 e. The van der Waals surface area contributed by atoms with E-state index in [1.54, 1.807) is 12.1 Å². The topological polar surface area (TPSA) is 55.4 Å². The monoisotopic (exact) mass is 397 g/mol. The van der Waals surface area contributed by atoms with Crippen molar-refractivity contribution in [3.63, 3.8) is 0 Å². The molecular formula is C18H17Cl2NO3S. The Hall–Kier alpha value is -1.69. The lowest BCUT2D eigenvalue weighted by atomic mass is 10.1. The van der Waals surface area contributed by atoms with Gasteiger partial charge in [-0.3, -0.25) is 9.59 Å². The number of nitrogens with one attached hydrogen (secondary N) is 1. The molecule has 0 bridgehead atoms. The number of hydrogen-bond donors (Lipinski definition) is 1. The molecule has 0 saturated carbocycles. The first-order chi connectivity index (χ1) is 12.0. The third-order valence-corrected chi connectivity index (χ3v) is 4.77. The summed E-state index contributed by atoms with van der Waals surface area (Å²) in [6.45, 7) is 0.110. The lowest BCUT2D eigenvalue weighted by molar-refractivity contribution is -0.145. The Morgan fingerprint density at radius 1 is 1.08 bits per heavy atom. The van der Waals surface area contributed by atoms with Gasteiger partial charge in [-0.05, 0) is 36.2 Å². The number of carbonyl (C=O) groups is 2. The summed E-state index contributed by atoms with van der Waals surface area (Å²) in [6, 6.07) is 14.7. The van der Waals surface area contributed by atoms with E-state index in [4.69, 9.17) is 27.9 Å². The van der Waals surface area contributed by atoms with Gasteiger partial charge in [0.1, 0.15) is 0 Å². The number of hydrogen-bond acceptors (Lipinski definition) is 4. The predicted molar refractivity (Wildman–Crippen MR) is 101 cm³/mol. The van der Waals surface area contributed by atoms with Gasteiger partial charge in [0, 0.05) is 21.5 Å². The molecule has 25 heavy (non-hydrogen) atoms. The zero-order valence-corrected chi connectivity index (χ0v) is 15.7. The maximum Gasteiger partial charge on any atom is 0.316 e. The molecule has 0 fully saturated rings. The summed E-state index contributed by atoms with van der Waals surface area (Å²) in [4.78, 5) is 24.3. The quantitative estimate of drug-likeness (QED) is 0.540. The molecule has 0 aliphatic rings. The van der Waals surface area contributed by atoms with Gasteiger partial charge in [0.25, 0.3) is 5.91 Å². The Kier molecular flexibility index (Phi) is 8.12. The number of esters is 1. The molecule has 0 aliphatic carbocycles. The number of rotatable bonds is 8. The van der Waals surface area contributed by atoms with Crippen molar-refractivity contribution >= 4 is 46.8 Å². The van der Waals surface area contributed by atoms with Crippen molar-refractivity contribution in [2.75, 3.05) is 18.9 Å². The third kappa shape index (κ3) is 7.38. The average molecular weight is 398 g/mol. The van der Waals surface area contributed by atoms with Gasteiger partial charge in [-0.15, -0.1) is 11.8 Å². The second-order valence-corrected chi connectivity index (χ2v) is 6.99. The molecule has 4 nitrogen and oxygen atoms in total. The second-order valence-electron chi connectivity index (χ2n) is 5.10. The number of ether oxygens (including phenoxy) is 1. The van der Waals surface area contributed by atoms with Crippen LogP contribution >= 0.6 is 35.0 Å². The van der Waals surface area contributed by atoms with Gasteiger partial charge in [-0.25, -0.2) is 0 Å². The first kappa shape index (κ1) is 19.6. The fraction of sp³-hybridized carbons (Fsp3) is 0.222. The number of amides is 1. The fourth-order valence-corrected chi connectivity index (χ4v) is 3.18. The van der Waals surface area contributed by atoms with Crippen LogP contribution in [-0.2, 0) is 20.7 Å². The molecule has 132 valence electrons. The molecule has 2 aromatic rings. The molecule has 0 unspecified atom stereocenters. The van der Waals surface area contributed by atoms with E-state index >= 15 is 0 Å². The van der Waals surface area contributed by atoms with Crippen LogP contribution in [0.5, 0.6) is 0 Å². The molecule has 2 rings (SSSR count). The molecule has 0 spiro atoms. The second kappa shape index (κ2) is 10.3. The highest BCUT2D eigenvalue weighted by Crippen LogP contribution is 2.21. The number of thioether (sulfide) groups is 1. The first-order valence-electron chi connectivity index (χ1n) is 7.58. The summed E-state index contributed by atoms with van der Waals surface area (Å²) in [6.07, 6.45) is 0.569. The predicted octanol–water partition coefficient (Wildman–Crippen LogP) is 3.99. The molecule has 7 heteroatoms. The summed E-state index contributed by atoms with van der Waals surface area (Å²) < 4.78 is 4.95. The molecule has 1 N–H and O–H groups in total. The standard InChI is InChI=1S/C18H17Cl2NO3S/c19-14-7-6-13(16(20)10-14)8-9-21-17(22)11-24-18(23)12-25-15-4-2-1-3-5-15/h1-7,10H,8-9,11-12H2,(H,21,22). The van der Waals surface area contributed by atoms with Gasteiger partial charge in [-0.2, -0.15) is 0 Å². The number of carbonyl (C=O) groups excluding carboxylic acids is 2. The zero-order chi connectivity index (χ0) is 18.1. The van der Waals surface area contributed by atoms with Crippen molar-refractivity contribution < 1.29 is 14.3 Å². The third-order valence-electron chi connectivity index (χ3n) is 3.20.